The second kappa shape index (κ2) is 8.32. The van der Waals surface area contributed by atoms with Crippen molar-refractivity contribution in [3.8, 4) is 0 Å². The van der Waals surface area contributed by atoms with E-state index in [9.17, 15) is 4.79 Å². The molecule has 0 aromatic rings. The Morgan fingerprint density at radius 3 is 2.00 bits per heavy atom. The molecule has 0 saturated heterocycles. The molecular formula is C15H26O2. The molecule has 1 N–H and O–H groups in total. The number of aliphatic carboxylic acids is 1. The smallest absolute Gasteiger partial charge is 0.330 e. The van der Waals surface area contributed by atoms with Gasteiger partial charge in [-0.3, -0.25) is 0 Å². The molecule has 0 atom stereocenters. The van der Waals surface area contributed by atoms with E-state index in [1.807, 2.05) is 6.08 Å². The zero-order chi connectivity index (χ0) is 12.5. The lowest BCUT2D eigenvalue weighted by Crippen LogP contribution is -2.03. The third-order valence-electron chi connectivity index (χ3n) is 3.82. The molecule has 0 aromatic carbocycles. The summed E-state index contributed by atoms with van der Waals surface area (Å²) in [5, 5.41) is 8.83. The van der Waals surface area contributed by atoms with Gasteiger partial charge >= 0.3 is 5.97 Å². The summed E-state index contributed by atoms with van der Waals surface area (Å²) in [4.78, 5) is 10.7. The Kier molecular flexibility index (Phi) is 6.99. The monoisotopic (exact) mass is 238 g/mol. The van der Waals surface area contributed by atoms with Crippen LogP contribution in [0.25, 0.3) is 0 Å². The molecule has 0 heterocycles. The second-order valence-electron chi connectivity index (χ2n) is 5.35. The Morgan fingerprint density at radius 1 is 1.06 bits per heavy atom. The Bertz CT molecular complexity index is 246. The number of carboxylic acid groups (broad SMARTS) is 1. The van der Waals surface area contributed by atoms with Crippen LogP contribution in [0.5, 0.6) is 0 Å². The van der Waals surface area contributed by atoms with E-state index in [0.717, 1.165) is 6.42 Å². The molecule has 0 aliphatic heterocycles. The van der Waals surface area contributed by atoms with Gasteiger partial charge in [-0.25, -0.2) is 4.79 Å². The molecule has 0 unspecified atom stereocenters. The fraction of sp³-hybridized carbons (Fsp3) is 0.800. The van der Waals surface area contributed by atoms with E-state index in [-0.39, 0.29) is 0 Å². The van der Waals surface area contributed by atoms with Crippen molar-refractivity contribution < 1.29 is 9.90 Å². The summed E-state index contributed by atoms with van der Waals surface area (Å²) in [7, 11) is 0. The van der Waals surface area contributed by atoms with Crippen LogP contribution in [0.4, 0.5) is 0 Å². The summed E-state index contributed by atoms with van der Waals surface area (Å²) < 4.78 is 0. The van der Waals surface area contributed by atoms with Gasteiger partial charge in [0.15, 0.2) is 0 Å². The van der Waals surface area contributed by atoms with Crippen molar-refractivity contribution in [1.29, 1.82) is 0 Å². The molecule has 1 aliphatic rings. The summed E-state index contributed by atoms with van der Waals surface area (Å²) >= 11 is 0. The molecule has 2 nitrogen and oxygen atoms in total. The first-order chi connectivity index (χ1) is 8.20. The van der Waals surface area contributed by atoms with Gasteiger partial charge in [0, 0.05) is 5.57 Å². The minimum Gasteiger partial charge on any atom is -0.478 e. The maximum absolute atomic E-state index is 10.7. The Morgan fingerprint density at radius 2 is 1.53 bits per heavy atom. The highest BCUT2D eigenvalue weighted by Crippen LogP contribution is 2.24. The van der Waals surface area contributed by atoms with Crippen molar-refractivity contribution in [2.24, 2.45) is 5.92 Å². The van der Waals surface area contributed by atoms with Gasteiger partial charge in [0.25, 0.3) is 0 Å². The average Bonchev–Trinajstić information content (AvgIpc) is 2.33. The third kappa shape index (κ3) is 6.50. The lowest BCUT2D eigenvalue weighted by atomic mass is 9.89. The highest BCUT2D eigenvalue weighted by molar-refractivity contribution is 5.85. The molecule has 17 heavy (non-hydrogen) atoms. The number of allylic oxidation sites excluding steroid dienone is 1. The number of carboxylic acids is 1. The zero-order valence-corrected chi connectivity index (χ0v) is 11.1. The maximum Gasteiger partial charge on any atom is 0.330 e. The number of hydrogen-bond acceptors (Lipinski definition) is 1. The fourth-order valence-corrected chi connectivity index (χ4v) is 2.56. The molecule has 1 rings (SSSR count). The van der Waals surface area contributed by atoms with Crippen LogP contribution in [0.2, 0.25) is 0 Å². The highest BCUT2D eigenvalue weighted by Gasteiger charge is 2.10. The van der Waals surface area contributed by atoms with Crippen LogP contribution in [-0.4, -0.2) is 11.1 Å². The first kappa shape index (κ1) is 14.3. The van der Waals surface area contributed by atoms with Crippen LogP contribution in [0, 0.1) is 5.92 Å². The van der Waals surface area contributed by atoms with Crippen LogP contribution in [-0.2, 0) is 4.79 Å². The quantitative estimate of drug-likeness (QED) is 0.732. The second-order valence-corrected chi connectivity index (χ2v) is 5.35. The van der Waals surface area contributed by atoms with E-state index in [1.165, 1.54) is 57.8 Å². The van der Waals surface area contributed by atoms with Crippen molar-refractivity contribution in [3.05, 3.63) is 11.6 Å². The third-order valence-corrected chi connectivity index (χ3v) is 3.82. The predicted octanol–water partition coefficient (Wildman–Crippen LogP) is 4.55. The summed E-state index contributed by atoms with van der Waals surface area (Å²) in [6.07, 6.45) is 15.0. The Labute approximate surface area is 105 Å². The molecule has 0 aromatic heterocycles. The Hall–Kier alpha value is -0.790. The van der Waals surface area contributed by atoms with Crippen molar-refractivity contribution in [2.45, 2.75) is 71.1 Å². The standard InChI is InChI=1S/C15H26O2/c1-13(15(16)17)11-12-14-9-7-5-3-2-4-6-8-10-14/h11,14H,2-10,12H2,1H3,(H,16,17). The lowest BCUT2D eigenvalue weighted by Gasteiger charge is -2.17. The van der Waals surface area contributed by atoms with Crippen LogP contribution in [0.15, 0.2) is 11.6 Å². The largest absolute Gasteiger partial charge is 0.478 e. The predicted molar refractivity (Wildman–Crippen MR) is 71.1 cm³/mol. The van der Waals surface area contributed by atoms with Gasteiger partial charge in [-0.1, -0.05) is 63.9 Å². The molecular weight excluding hydrogens is 212 g/mol. The first-order valence-electron chi connectivity index (χ1n) is 7.10. The Balaban J connectivity index is 2.37. The van der Waals surface area contributed by atoms with E-state index in [0.29, 0.717) is 11.5 Å². The SMILES string of the molecule is CC(=CCC1CCCCCCCCC1)C(=O)O. The van der Waals surface area contributed by atoms with Gasteiger partial charge in [-0.2, -0.15) is 0 Å². The molecule has 98 valence electrons. The number of rotatable bonds is 3. The van der Waals surface area contributed by atoms with Gasteiger partial charge in [0.1, 0.15) is 0 Å². The molecule has 1 aliphatic carbocycles. The molecule has 1 saturated carbocycles. The summed E-state index contributed by atoms with van der Waals surface area (Å²) in [6, 6.07) is 0. The molecule has 0 spiro atoms. The van der Waals surface area contributed by atoms with E-state index in [1.54, 1.807) is 6.92 Å². The van der Waals surface area contributed by atoms with Crippen LogP contribution >= 0.6 is 0 Å². The van der Waals surface area contributed by atoms with E-state index < -0.39 is 5.97 Å². The zero-order valence-electron chi connectivity index (χ0n) is 11.1. The highest BCUT2D eigenvalue weighted by atomic mass is 16.4. The molecule has 2 heteroatoms. The van der Waals surface area contributed by atoms with Gasteiger partial charge in [0.2, 0.25) is 0 Å². The van der Waals surface area contributed by atoms with Crippen molar-refractivity contribution in [2.75, 3.05) is 0 Å². The lowest BCUT2D eigenvalue weighted by molar-refractivity contribution is -0.132. The van der Waals surface area contributed by atoms with E-state index >= 15 is 0 Å². The molecule has 0 radical (unpaired) electrons. The van der Waals surface area contributed by atoms with Gasteiger partial charge in [-0.15, -0.1) is 0 Å². The normalized spacial score (nSPS) is 21.1. The fourth-order valence-electron chi connectivity index (χ4n) is 2.56. The molecule has 1 fully saturated rings. The van der Waals surface area contributed by atoms with Crippen LogP contribution in [0.3, 0.4) is 0 Å². The summed E-state index contributed by atoms with van der Waals surface area (Å²) in [6.45, 7) is 1.70. The number of hydrogen-bond donors (Lipinski definition) is 1. The van der Waals surface area contributed by atoms with Gasteiger partial charge in [0.05, 0.1) is 0 Å². The summed E-state index contributed by atoms with van der Waals surface area (Å²) in [5.41, 5.74) is 0.502. The number of carbonyl (C=O) groups is 1. The van der Waals surface area contributed by atoms with E-state index in [4.69, 9.17) is 5.11 Å². The summed E-state index contributed by atoms with van der Waals surface area (Å²) in [5.74, 6) is -0.0627. The van der Waals surface area contributed by atoms with Crippen molar-refractivity contribution >= 4 is 5.97 Å². The van der Waals surface area contributed by atoms with Crippen molar-refractivity contribution in [1.82, 2.24) is 0 Å². The minimum absolute atomic E-state index is 0.502. The van der Waals surface area contributed by atoms with Crippen LogP contribution < -0.4 is 0 Å². The van der Waals surface area contributed by atoms with E-state index in [2.05, 4.69) is 0 Å². The minimum atomic E-state index is -0.773. The maximum atomic E-state index is 10.7. The average molecular weight is 238 g/mol. The molecule has 0 amide bonds. The van der Waals surface area contributed by atoms with Crippen LogP contribution in [0.1, 0.15) is 71.1 Å². The first-order valence-corrected chi connectivity index (χ1v) is 7.10. The molecule has 0 bridgehead atoms. The van der Waals surface area contributed by atoms with Gasteiger partial charge in [-0.05, 0) is 19.3 Å². The van der Waals surface area contributed by atoms with Gasteiger partial charge < -0.3 is 5.11 Å². The topological polar surface area (TPSA) is 37.3 Å². The van der Waals surface area contributed by atoms with Crippen molar-refractivity contribution in [3.63, 3.8) is 0 Å².